The molecule has 0 amide bonds. The van der Waals surface area contributed by atoms with Crippen molar-refractivity contribution in [1.29, 1.82) is 0 Å². The second-order valence-electron chi connectivity index (χ2n) is 9.15. The van der Waals surface area contributed by atoms with Crippen molar-refractivity contribution in [1.82, 2.24) is 9.47 Å². The first-order chi connectivity index (χ1) is 12.1. The molecule has 2 N–H and O–H groups in total. The largest absolute Gasteiger partial charge is 0.494 e. The third kappa shape index (κ3) is 4.46. The van der Waals surface area contributed by atoms with Crippen LogP contribution in [0.15, 0.2) is 12.1 Å². The van der Waals surface area contributed by atoms with E-state index in [1.807, 2.05) is 6.08 Å². The van der Waals surface area contributed by atoms with Crippen LogP contribution in [0.4, 0.5) is 0 Å². The third-order valence-electron chi connectivity index (χ3n) is 6.19. The summed E-state index contributed by atoms with van der Waals surface area (Å²) in [6.07, 6.45) is 11.8. The van der Waals surface area contributed by atoms with Crippen molar-refractivity contribution < 1.29 is 10.2 Å². The number of aromatic hydroxyl groups is 2. The summed E-state index contributed by atoms with van der Waals surface area (Å²) in [4.78, 5) is 2.41. The molecule has 0 aliphatic carbocycles. The maximum absolute atomic E-state index is 10.7. The average Bonchev–Trinajstić information content (AvgIpc) is 2.82. The van der Waals surface area contributed by atoms with Crippen LogP contribution in [0.2, 0.25) is 0 Å². The maximum Gasteiger partial charge on any atom is 0.201 e. The lowest BCUT2D eigenvalue weighted by Gasteiger charge is -2.53. The Hall–Kier alpha value is -1.42. The molecule has 0 radical (unpaired) electrons. The van der Waals surface area contributed by atoms with Crippen molar-refractivity contribution in [3.63, 3.8) is 0 Å². The number of unbranched alkanes of at least 4 members (excludes halogenated alkanes) is 4. The minimum absolute atomic E-state index is 0.00481. The first-order valence-corrected chi connectivity index (χ1v) is 10.1. The van der Waals surface area contributed by atoms with Crippen molar-refractivity contribution in [2.24, 2.45) is 0 Å². The van der Waals surface area contributed by atoms with Crippen molar-refractivity contribution >= 4 is 6.08 Å². The topological polar surface area (TPSA) is 48.6 Å². The average molecular weight is 363 g/mol. The van der Waals surface area contributed by atoms with Gasteiger partial charge in [0.1, 0.15) is 0 Å². The lowest BCUT2D eigenvalue weighted by Crippen LogP contribution is -2.58. The summed E-state index contributed by atoms with van der Waals surface area (Å²) in [6, 6.07) is 1.78. The van der Waals surface area contributed by atoms with Crippen LogP contribution in [0, 0.1) is 0 Å². The normalized spacial score (nSPS) is 20.8. The van der Waals surface area contributed by atoms with Crippen LogP contribution < -0.4 is 0 Å². The fourth-order valence-corrected chi connectivity index (χ4v) is 4.40. The summed E-state index contributed by atoms with van der Waals surface area (Å²) in [5.41, 5.74) is 0.725. The Balaban J connectivity index is 2.16. The van der Waals surface area contributed by atoms with E-state index in [2.05, 4.69) is 52.6 Å². The molecule has 1 fully saturated rings. The highest BCUT2D eigenvalue weighted by Crippen LogP contribution is 2.46. The molecule has 1 aromatic heterocycles. The van der Waals surface area contributed by atoms with Gasteiger partial charge in [0.05, 0.1) is 0 Å². The van der Waals surface area contributed by atoms with Crippen LogP contribution in [-0.2, 0) is 0 Å². The number of allylic oxidation sites excluding steroid dienone is 1. The van der Waals surface area contributed by atoms with E-state index >= 15 is 0 Å². The fourth-order valence-electron chi connectivity index (χ4n) is 4.40. The standard InChI is InChI=1S/C22H38N2O2/c1-7-8-9-10-11-12-13-17-14-19(25)24(20(17)26)18-15-21(2,3)23(6)22(4,5)16-18/h12-14,18,25-26H,7-11,15-16H2,1-6H3. The van der Waals surface area contributed by atoms with Gasteiger partial charge in [0.15, 0.2) is 5.88 Å². The van der Waals surface area contributed by atoms with Gasteiger partial charge in [0.2, 0.25) is 5.88 Å². The van der Waals surface area contributed by atoms with Gasteiger partial charge < -0.3 is 10.2 Å². The maximum atomic E-state index is 10.7. The zero-order valence-electron chi connectivity index (χ0n) is 17.5. The van der Waals surface area contributed by atoms with Crippen LogP contribution in [0.3, 0.4) is 0 Å². The van der Waals surface area contributed by atoms with Gasteiger partial charge >= 0.3 is 0 Å². The van der Waals surface area contributed by atoms with Crippen LogP contribution in [0.25, 0.3) is 6.08 Å². The van der Waals surface area contributed by atoms with E-state index in [-0.39, 0.29) is 28.9 Å². The molecule has 4 nitrogen and oxygen atoms in total. The summed E-state index contributed by atoms with van der Waals surface area (Å²) in [6.45, 7) is 11.1. The molecule has 2 rings (SSSR count). The van der Waals surface area contributed by atoms with Gasteiger partial charge in [-0.3, -0.25) is 9.47 Å². The molecule has 0 atom stereocenters. The second kappa shape index (κ2) is 8.08. The Kier molecular flexibility index (Phi) is 6.49. The highest BCUT2D eigenvalue weighted by molar-refractivity contribution is 5.58. The van der Waals surface area contributed by atoms with Crippen LogP contribution in [0.5, 0.6) is 11.8 Å². The third-order valence-corrected chi connectivity index (χ3v) is 6.19. The number of nitrogens with zero attached hydrogens (tertiary/aromatic N) is 2. The predicted octanol–water partition coefficient (Wildman–Crippen LogP) is 5.71. The first-order valence-electron chi connectivity index (χ1n) is 10.1. The quantitative estimate of drug-likeness (QED) is 0.611. The Labute approximate surface area is 159 Å². The summed E-state index contributed by atoms with van der Waals surface area (Å²) >= 11 is 0. The minimum Gasteiger partial charge on any atom is -0.494 e. The number of hydrogen-bond acceptors (Lipinski definition) is 3. The lowest BCUT2D eigenvalue weighted by atomic mass is 9.77. The highest BCUT2D eigenvalue weighted by Gasteiger charge is 2.44. The van der Waals surface area contributed by atoms with Crippen LogP contribution in [0.1, 0.15) is 91.2 Å². The zero-order chi connectivity index (χ0) is 19.5. The number of aromatic nitrogens is 1. The van der Waals surface area contributed by atoms with E-state index < -0.39 is 0 Å². The predicted molar refractivity (Wildman–Crippen MR) is 110 cm³/mol. The molecule has 0 aromatic carbocycles. The van der Waals surface area contributed by atoms with E-state index in [4.69, 9.17) is 0 Å². The van der Waals surface area contributed by atoms with Gasteiger partial charge in [0, 0.05) is 28.7 Å². The number of piperidine rings is 1. The van der Waals surface area contributed by atoms with E-state index in [9.17, 15) is 10.2 Å². The van der Waals surface area contributed by atoms with Crippen molar-refractivity contribution in [3.05, 3.63) is 17.7 Å². The molecular formula is C22H38N2O2. The summed E-state index contributed by atoms with van der Waals surface area (Å²) < 4.78 is 1.73. The monoisotopic (exact) mass is 362 g/mol. The minimum atomic E-state index is 0.00481. The van der Waals surface area contributed by atoms with Crippen molar-refractivity contribution in [2.75, 3.05) is 7.05 Å². The van der Waals surface area contributed by atoms with Gasteiger partial charge in [0.25, 0.3) is 0 Å². The summed E-state index contributed by atoms with van der Waals surface area (Å²) in [5, 5.41) is 21.2. The molecule has 148 valence electrons. The molecule has 1 aromatic rings. The first kappa shape index (κ1) is 20.9. The smallest absolute Gasteiger partial charge is 0.201 e. The molecule has 26 heavy (non-hydrogen) atoms. The van der Waals surface area contributed by atoms with Crippen molar-refractivity contribution in [2.45, 2.75) is 96.7 Å². The number of hydrogen-bond donors (Lipinski definition) is 2. The van der Waals surface area contributed by atoms with E-state index in [1.165, 1.54) is 25.7 Å². The van der Waals surface area contributed by atoms with Gasteiger partial charge in [-0.15, -0.1) is 0 Å². The number of likely N-dealkylation sites (tertiary alicyclic amines) is 1. The molecule has 0 unspecified atom stereocenters. The van der Waals surface area contributed by atoms with Gasteiger partial charge in [-0.05, 0) is 60.4 Å². The van der Waals surface area contributed by atoms with Gasteiger partial charge in [-0.25, -0.2) is 0 Å². The molecular weight excluding hydrogens is 324 g/mol. The number of rotatable bonds is 7. The molecule has 1 saturated heterocycles. The molecule has 2 heterocycles. The Bertz CT molecular complexity index is 610. The molecule has 4 heteroatoms. The SMILES string of the molecule is CCCCCCC=Cc1cc(O)n(C2CC(C)(C)N(C)C(C)(C)C2)c1O. The Morgan fingerprint density at radius 1 is 1.08 bits per heavy atom. The molecule has 0 saturated carbocycles. The van der Waals surface area contributed by atoms with E-state index in [1.54, 1.807) is 10.6 Å². The highest BCUT2D eigenvalue weighted by atomic mass is 16.3. The summed E-state index contributed by atoms with van der Waals surface area (Å²) in [7, 11) is 2.16. The Morgan fingerprint density at radius 3 is 2.27 bits per heavy atom. The molecule has 1 aliphatic heterocycles. The second-order valence-corrected chi connectivity index (χ2v) is 9.15. The van der Waals surface area contributed by atoms with Gasteiger partial charge in [-0.2, -0.15) is 0 Å². The summed E-state index contributed by atoms with van der Waals surface area (Å²) in [5.74, 6) is 0.350. The van der Waals surface area contributed by atoms with Crippen LogP contribution >= 0.6 is 0 Å². The molecule has 0 bridgehead atoms. The molecule has 0 spiro atoms. The van der Waals surface area contributed by atoms with Crippen molar-refractivity contribution in [3.8, 4) is 11.8 Å². The van der Waals surface area contributed by atoms with E-state index in [0.29, 0.717) is 5.56 Å². The fraction of sp³-hybridized carbons (Fsp3) is 0.727. The van der Waals surface area contributed by atoms with Gasteiger partial charge in [-0.1, -0.05) is 38.3 Å². The Morgan fingerprint density at radius 2 is 1.69 bits per heavy atom. The van der Waals surface area contributed by atoms with Crippen LogP contribution in [-0.4, -0.2) is 37.8 Å². The molecule has 1 aliphatic rings. The lowest BCUT2D eigenvalue weighted by molar-refractivity contribution is -0.0282. The van der Waals surface area contributed by atoms with E-state index in [0.717, 1.165) is 19.3 Å². The zero-order valence-corrected chi connectivity index (χ0v) is 17.5.